The average Bonchev–Trinajstić information content (AvgIpc) is 1.78. The monoisotopic (exact) mass is 202 g/mol. The van der Waals surface area contributed by atoms with Crippen LogP contribution in [0, 0.1) is 11.6 Å². The van der Waals surface area contributed by atoms with Crippen LogP contribution >= 0.6 is 11.8 Å². The van der Waals surface area contributed by atoms with E-state index in [2.05, 4.69) is 0 Å². The normalized spacial score (nSPS) is 11.8. The van der Waals surface area contributed by atoms with Gasteiger partial charge in [0.05, 0.1) is 0 Å². The third kappa shape index (κ3) is 3.77. The van der Waals surface area contributed by atoms with Gasteiger partial charge in [0, 0.05) is 15.7 Å². The highest BCUT2D eigenvalue weighted by molar-refractivity contribution is 8.00. The molecule has 72 valence electrons. The molecule has 0 fully saturated rings. The first-order valence-corrected chi connectivity index (χ1v) is 4.83. The lowest BCUT2D eigenvalue weighted by Crippen LogP contribution is -2.06. The van der Waals surface area contributed by atoms with Crippen molar-refractivity contribution < 1.29 is 8.78 Å². The Morgan fingerprint density at radius 1 is 1.00 bits per heavy atom. The van der Waals surface area contributed by atoms with Gasteiger partial charge in [-0.15, -0.1) is 11.8 Å². The summed E-state index contributed by atoms with van der Waals surface area (Å²) in [4.78, 5) is 0.630. The van der Waals surface area contributed by atoms with Crippen LogP contribution in [-0.2, 0) is 0 Å². The quantitative estimate of drug-likeness (QED) is 0.623. The van der Waals surface area contributed by atoms with Gasteiger partial charge in [-0.25, -0.2) is 8.78 Å². The van der Waals surface area contributed by atoms with E-state index in [1.54, 1.807) is 0 Å². The minimum absolute atomic E-state index is 0.0275. The van der Waals surface area contributed by atoms with E-state index >= 15 is 0 Å². The molecule has 0 aliphatic carbocycles. The topological polar surface area (TPSA) is 0 Å². The molecule has 0 heterocycles. The highest BCUT2D eigenvalue weighted by Crippen LogP contribution is 2.32. The SMILES string of the molecule is CC(C)(C)Sc1cc(F)cc(F)c1. The third-order valence-electron chi connectivity index (χ3n) is 1.26. The maximum Gasteiger partial charge on any atom is 0.127 e. The lowest BCUT2D eigenvalue weighted by molar-refractivity contribution is 0.577. The molecule has 0 radical (unpaired) electrons. The van der Waals surface area contributed by atoms with Crippen molar-refractivity contribution in [1.29, 1.82) is 0 Å². The highest BCUT2D eigenvalue weighted by Gasteiger charge is 2.13. The van der Waals surface area contributed by atoms with E-state index < -0.39 is 11.6 Å². The van der Waals surface area contributed by atoms with Gasteiger partial charge in [0.1, 0.15) is 11.6 Å². The molecule has 0 saturated heterocycles. The van der Waals surface area contributed by atoms with Crippen molar-refractivity contribution in [2.75, 3.05) is 0 Å². The van der Waals surface area contributed by atoms with Gasteiger partial charge in [-0.2, -0.15) is 0 Å². The predicted octanol–water partition coefficient (Wildman–Crippen LogP) is 3.86. The van der Waals surface area contributed by atoms with Crippen molar-refractivity contribution in [3.05, 3.63) is 29.8 Å². The summed E-state index contributed by atoms with van der Waals surface area (Å²) >= 11 is 1.45. The lowest BCUT2D eigenvalue weighted by Gasteiger charge is -2.17. The zero-order valence-electron chi connectivity index (χ0n) is 7.90. The molecule has 1 aromatic rings. The van der Waals surface area contributed by atoms with E-state index in [0.29, 0.717) is 4.90 Å². The molecule has 0 bridgehead atoms. The summed E-state index contributed by atoms with van der Waals surface area (Å²) in [7, 11) is 0. The molecule has 0 atom stereocenters. The summed E-state index contributed by atoms with van der Waals surface area (Å²) < 4.78 is 25.5. The summed E-state index contributed by atoms with van der Waals surface area (Å²) in [6.45, 7) is 6.00. The Labute approximate surface area is 81.3 Å². The molecule has 3 heteroatoms. The Bertz CT molecular complexity index is 282. The van der Waals surface area contributed by atoms with Crippen molar-refractivity contribution in [3.8, 4) is 0 Å². The molecule has 0 amide bonds. The molecule has 0 nitrogen and oxygen atoms in total. The summed E-state index contributed by atoms with van der Waals surface area (Å²) in [6, 6.07) is 3.57. The Hall–Kier alpha value is -0.570. The Kier molecular flexibility index (Phi) is 2.96. The summed E-state index contributed by atoms with van der Waals surface area (Å²) in [5.74, 6) is -1.04. The molecule has 0 aliphatic heterocycles. The number of rotatable bonds is 1. The molecule has 0 spiro atoms. The Morgan fingerprint density at radius 3 is 1.85 bits per heavy atom. The summed E-state index contributed by atoms with van der Waals surface area (Å²) in [5, 5.41) is 0. The van der Waals surface area contributed by atoms with Crippen molar-refractivity contribution in [2.45, 2.75) is 30.4 Å². The van der Waals surface area contributed by atoms with Crippen LogP contribution in [0.3, 0.4) is 0 Å². The van der Waals surface area contributed by atoms with E-state index in [9.17, 15) is 8.78 Å². The number of hydrogen-bond donors (Lipinski definition) is 0. The highest BCUT2D eigenvalue weighted by atomic mass is 32.2. The van der Waals surface area contributed by atoms with Gasteiger partial charge in [0.2, 0.25) is 0 Å². The van der Waals surface area contributed by atoms with E-state index in [1.807, 2.05) is 20.8 Å². The largest absolute Gasteiger partial charge is 0.207 e. The first-order chi connectivity index (χ1) is 5.87. The van der Waals surface area contributed by atoms with Crippen LogP contribution in [0.5, 0.6) is 0 Å². The van der Waals surface area contributed by atoms with Gasteiger partial charge in [-0.05, 0) is 12.1 Å². The molecule has 13 heavy (non-hydrogen) atoms. The molecule has 0 saturated carbocycles. The van der Waals surface area contributed by atoms with Gasteiger partial charge in [-0.1, -0.05) is 20.8 Å². The fraction of sp³-hybridized carbons (Fsp3) is 0.400. The summed E-state index contributed by atoms with van der Waals surface area (Å²) in [6.07, 6.45) is 0. The number of halogens is 2. The van der Waals surface area contributed by atoms with Gasteiger partial charge in [-0.3, -0.25) is 0 Å². The Balaban J connectivity index is 2.90. The predicted molar refractivity (Wildman–Crippen MR) is 52.0 cm³/mol. The number of thioether (sulfide) groups is 1. The molecule has 0 N–H and O–H groups in total. The van der Waals surface area contributed by atoms with Crippen LogP contribution in [0.4, 0.5) is 8.78 Å². The molecule has 0 aliphatic rings. The van der Waals surface area contributed by atoms with Crippen molar-refractivity contribution in [2.24, 2.45) is 0 Å². The maximum absolute atomic E-state index is 12.7. The zero-order chi connectivity index (χ0) is 10.1. The van der Waals surface area contributed by atoms with Gasteiger partial charge in [0.15, 0.2) is 0 Å². The fourth-order valence-electron chi connectivity index (χ4n) is 0.941. The minimum atomic E-state index is -0.522. The smallest absolute Gasteiger partial charge is 0.127 e. The van der Waals surface area contributed by atoms with Crippen LogP contribution < -0.4 is 0 Å². The second-order valence-electron chi connectivity index (χ2n) is 3.82. The molecule has 1 aromatic carbocycles. The lowest BCUT2D eigenvalue weighted by atomic mass is 10.3. The molecule has 0 aromatic heterocycles. The first-order valence-electron chi connectivity index (χ1n) is 4.02. The molecule has 0 unspecified atom stereocenters. The van der Waals surface area contributed by atoms with E-state index in [4.69, 9.17) is 0 Å². The van der Waals surface area contributed by atoms with Crippen molar-refractivity contribution in [1.82, 2.24) is 0 Å². The maximum atomic E-state index is 12.7. The molecular weight excluding hydrogens is 190 g/mol. The summed E-state index contributed by atoms with van der Waals surface area (Å²) in [5.41, 5.74) is 0. The molecule has 1 rings (SSSR count). The third-order valence-corrected chi connectivity index (χ3v) is 2.34. The van der Waals surface area contributed by atoms with Crippen LogP contribution in [0.2, 0.25) is 0 Å². The number of benzene rings is 1. The Morgan fingerprint density at radius 2 is 1.46 bits per heavy atom. The van der Waals surface area contributed by atoms with Crippen molar-refractivity contribution >= 4 is 11.8 Å². The second-order valence-corrected chi connectivity index (χ2v) is 5.72. The average molecular weight is 202 g/mol. The van der Waals surface area contributed by atoms with E-state index in [0.717, 1.165) is 6.07 Å². The minimum Gasteiger partial charge on any atom is -0.207 e. The van der Waals surface area contributed by atoms with E-state index in [1.165, 1.54) is 23.9 Å². The first kappa shape index (κ1) is 10.5. The van der Waals surface area contributed by atoms with Gasteiger partial charge in [0.25, 0.3) is 0 Å². The van der Waals surface area contributed by atoms with Gasteiger partial charge >= 0.3 is 0 Å². The fourth-order valence-corrected chi connectivity index (χ4v) is 1.99. The van der Waals surface area contributed by atoms with E-state index in [-0.39, 0.29) is 4.75 Å². The van der Waals surface area contributed by atoms with Crippen LogP contribution in [0.25, 0.3) is 0 Å². The van der Waals surface area contributed by atoms with Crippen molar-refractivity contribution in [3.63, 3.8) is 0 Å². The zero-order valence-corrected chi connectivity index (χ0v) is 8.71. The second kappa shape index (κ2) is 3.66. The molecular formula is C10H12F2S. The standard InChI is InChI=1S/C10H12F2S/c1-10(2,3)13-9-5-7(11)4-8(12)6-9/h4-6H,1-3H3. The van der Waals surface area contributed by atoms with Gasteiger partial charge < -0.3 is 0 Å². The van der Waals surface area contributed by atoms with Crippen LogP contribution in [-0.4, -0.2) is 4.75 Å². The number of hydrogen-bond acceptors (Lipinski definition) is 1. The van der Waals surface area contributed by atoms with Crippen LogP contribution in [0.15, 0.2) is 23.1 Å². The van der Waals surface area contributed by atoms with Crippen LogP contribution in [0.1, 0.15) is 20.8 Å².